The number of ether oxygens (including phenoxy) is 1. The standard InChI is InChI=1S/C16H25ClN2O/c1-3-19(4-2)8-5-7-18-12-14-11-15(17)10-13-6-9-20-16(13)14/h10-11,18H,3-9,12H2,1-2H3. The maximum absolute atomic E-state index is 6.16. The summed E-state index contributed by atoms with van der Waals surface area (Å²) in [6.45, 7) is 10.5. The first-order chi connectivity index (χ1) is 9.74. The van der Waals surface area contributed by atoms with Crippen molar-refractivity contribution in [1.82, 2.24) is 10.2 Å². The molecule has 0 aromatic heterocycles. The minimum Gasteiger partial charge on any atom is -0.493 e. The Morgan fingerprint density at radius 1 is 1.30 bits per heavy atom. The van der Waals surface area contributed by atoms with E-state index in [1.54, 1.807) is 0 Å². The third-order valence-electron chi connectivity index (χ3n) is 3.86. The van der Waals surface area contributed by atoms with E-state index >= 15 is 0 Å². The highest BCUT2D eigenvalue weighted by molar-refractivity contribution is 6.30. The minimum atomic E-state index is 0.782. The van der Waals surface area contributed by atoms with Crippen molar-refractivity contribution in [3.8, 4) is 5.75 Å². The van der Waals surface area contributed by atoms with Crippen molar-refractivity contribution < 1.29 is 4.74 Å². The van der Waals surface area contributed by atoms with Gasteiger partial charge in [-0.15, -0.1) is 0 Å². The summed E-state index contributed by atoms with van der Waals surface area (Å²) in [7, 11) is 0. The normalized spacial score (nSPS) is 13.6. The number of hydrogen-bond acceptors (Lipinski definition) is 3. The molecule has 2 rings (SSSR count). The predicted octanol–water partition coefficient (Wildman–Crippen LogP) is 3.10. The lowest BCUT2D eigenvalue weighted by Gasteiger charge is -2.17. The van der Waals surface area contributed by atoms with Gasteiger partial charge in [0.1, 0.15) is 5.75 Å². The van der Waals surface area contributed by atoms with Crippen molar-refractivity contribution >= 4 is 11.6 Å². The molecule has 0 aliphatic carbocycles. The SMILES string of the molecule is CCN(CC)CCCNCc1cc(Cl)cc2c1OCC2. The Morgan fingerprint density at radius 2 is 2.10 bits per heavy atom. The molecule has 4 heteroatoms. The highest BCUT2D eigenvalue weighted by atomic mass is 35.5. The van der Waals surface area contributed by atoms with Crippen LogP contribution < -0.4 is 10.1 Å². The number of benzene rings is 1. The summed E-state index contributed by atoms with van der Waals surface area (Å²) in [5.74, 6) is 1.05. The van der Waals surface area contributed by atoms with E-state index in [1.807, 2.05) is 12.1 Å². The average Bonchev–Trinajstić information content (AvgIpc) is 2.90. The Morgan fingerprint density at radius 3 is 2.85 bits per heavy atom. The predicted molar refractivity (Wildman–Crippen MR) is 84.8 cm³/mol. The third-order valence-corrected chi connectivity index (χ3v) is 4.08. The molecule has 1 heterocycles. The zero-order chi connectivity index (χ0) is 14.4. The first-order valence-corrected chi connectivity index (χ1v) is 7.99. The molecule has 1 N–H and O–H groups in total. The van der Waals surface area contributed by atoms with Crippen LogP contribution in [0.1, 0.15) is 31.4 Å². The van der Waals surface area contributed by atoms with Gasteiger partial charge in [0.15, 0.2) is 0 Å². The molecular formula is C16H25ClN2O. The molecule has 1 aromatic rings. The van der Waals surface area contributed by atoms with Gasteiger partial charge >= 0.3 is 0 Å². The van der Waals surface area contributed by atoms with Crippen molar-refractivity contribution in [3.05, 3.63) is 28.3 Å². The molecule has 0 radical (unpaired) electrons. The molecule has 3 nitrogen and oxygen atoms in total. The largest absolute Gasteiger partial charge is 0.493 e. The van der Waals surface area contributed by atoms with E-state index in [0.717, 1.165) is 56.5 Å². The van der Waals surface area contributed by atoms with Gasteiger partial charge in [-0.3, -0.25) is 0 Å². The first kappa shape index (κ1) is 15.6. The summed E-state index contributed by atoms with van der Waals surface area (Å²) in [4.78, 5) is 2.45. The van der Waals surface area contributed by atoms with Gasteiger partial charge in [0, 0.05) is 23.6 Å². The molecule has 0 saturated carbocycles. The number of nitrogens with one attached hydrogen (secondary N) is 1. The van der Waals surface area contributed by atoms with E-state index in [0.29, 0.717) is 0 Å². The van der Waals surface area contributed by atoms with Crippen LogP contribution >= 0.6 is 11.6 Å². The Hall–Kier alpha value is -0.770. The van der Waals surface area contributed by atoms with Gasteiger partial charge in [0.05, 0.1) is 6.61 Å². The van der Waals surface area contributed by atoms with Gasteiger partial charge in [-0.05, 0) is 50.3 Å². The molecule has 112 valence electrons. The molecule has 0 amide bonds. The molecule has 20 heavy (non-hydrogen) atoms. The number of fused-ring (bicyclic) bond motifs is 1. The van der Waals surface area contributed by atoms with Crippen molar-refractivity contribution in [3.63, 3.8) is 0 Å². The fourth-order valence-corrected chi connectivity index (χ4v) is 2.93. The second-order valence-electron chi connectivity index (χ2n) is 5.21. The van der Waals surface area contributed by atoms with E-state index in [4.69, 9.17) is 16.3 Å². The van der Waals surface area contributed by atoms with Crippen LogP contribution in [0.4, 0.5) is 0 Å². The van der Waals surface area contributed by atoms with Gasteiger partial charge in [0.2, 0.25) is 0 Å². The third kappa shape index (κ3) is 4.11. The zero-order valence-corrected chi connectivity index (χ0v) is 13.3. The molecule has 0 spiro atoms. The summed E-state index contributed by atoms with van der Waals surface area (Å²) in [6.07, 6.45) is 2.15. The van der Waals surface area contributed by atoms with Crippen LogP contribution in [0, 0.1) is 0 Å². The zero-order valence-electron chi connectivity index (χ0n) is 12.5. The van der Waals surface area contributed by atoms with Crippen LogP contribution in [-0.2, 0) is 13.0 Å². The quantitative estimate of drug-likeness (QED) is 0.746. The molecule has 0 saturated heterocycles. The highest BCUT2D eigenvalue weighted by Gasteiger charge is 2.17. The van der Waals surface area contributed by atoms with Gasteiger partial charge in [-0.2, -0.15) is 0 Å². The molecule has 0 unspecified atom stereocenters. The first-order valence-electron chi connectivity index (χ1n) is 7.61. The lowest BCUT2D eigenvalue weighted by molar-refractivity contribution is 0.297. The van der Waals surface area contributed by atoms with E-state index in [2.05, 4.69) is 24.1 Å². The maximum Gasteiger partial charge on any atom is 0.127 e. The van der Waals surface area contributed by atoms with E-state index in [9.17, 15) is 0 Å². The Labute approximate surface area is 127 Å². The molecule has 0 fully saturated rings. The summed E-state index contributed by atoms with van der Waals surface area (Å²) >= 11 is 6.16. The maximum atomic E-state index is 6.16. The monoisotopic (exact) mass is 296 g/mol. The van der Waals surface area contributed by atoms with E-state index in [1.165, 1.54) is 17.5 Å². The number of nitrogens with zero attached hydrogens (tertiary/aromatic N) is 1. The molecule has 0 atom stereocenters. The fourth-order valence-electron chi connectivity index (χ4n) is 2.67. The van der Waals surface area contributed by atoms with Crippen LogP contribution in [0.2, 0.25) is 5.02 Å². The van der Waals surface area contributed by atoms with Crippen molar-refractivity contribution in [2.24, 2.45) is 0 Å². The van der Waals surface area contributed by atoms with Crippen LogP contribution in [-0.4, -0.2) is 37.7 Å². The second-order valence-corrected chi connectivity index (χ2v) is 5.65. The number of hydrogen-bond donors (Lipinski definition) is 1. The second kappa shape index (κ2) is 7.87. The van der Waals surface area contributed by atoms with E-state index < -0.39 is 0 Å². The average molecular weight is 297 g/mol. The summed E-state index contributed by atoms with van der Waals surface area (Å²) in [5, 5.41) is 4.31. The Balaban J connectivity index is 1.77. The smallest absolute Gasteiger partial charge is 0.127 e. The number of rotatable bonds is 8. The van der Waals surface area contributed by atoms with Crippen molar-refractivity contribution in [1.29, 1.82) is 0 Å². The summed E-state index contributed by atoms with van der Waals surface area (Å²) < 4.78 is 5.71. The molecule has 1 aliphatic heterocycles. The number of halogens is 1. The lowest BCUT2D eigenvalue weighted by Crippen LogP contribution is -2.27. The molecular weight excluding hydrogens is 272 g/mol. The van der Waals surface area contributed by atoms with Crippen LogP contribution in [0.3, 0.4) is 0 Å². The minimum absolute atomic E-state index is 0.782. The van der Waals surface area contributed by atoms with Crippen LogP contribution in [0.15, 0.2) is 12.1 Å². The summed E-state index contributed by atoms with van der Waals surface area (Å²) in [6, 6.07) is 4.04. The van der Waals surface area contributed by atoms with Gasteiger partial charge in [-0.25, -0.2) is 0 Å². The summed E-state index contributed by atoms with van der Waals surface area (Å²) in [5.41, 5.74) is 2.44. The van der Waals surface area contributed by atoms with Crippen molar-refractivity contribution in [2.75, 3.05) is 32.8 Å². The van der Waals surface area contributed by atoms with E-state index in [-0.39, 0.29) is 0 Å². The highest BCUT2D eigenvalue weighted by Crippen LogP contribution is 2.32. The Bertz CT molecular complexity index is 433. The topological polar surface area (TPSA) is 24.5 Å². The fraction of sp³-hybridized carbons (Fsp3) is 0.625. The van der Waals surface area contributed by atoms with Crippen molar-refractivity contribution in [2.45, 2.75) is 33.2 Å². The van der Waals surface area contributed by atoms with Gasteiger partial charge in [0.25, 0.3) is 0 Å². The molecule has 0 bridgehead atoms. The van der Waals surface area contributed by atoms with Gasteiger partial charge < -0.3 is 15.0 Å². The van der Waals surface area contributed by atoms with Crippen LogP contribution in [0.25, 0.3) is 0 Å². The Kier molecular flexibility index (Phi) is 6.14. The lowest BCUT2D eigenvalue weighted by atomic mass is 10.1. The molecule has 1 aromatic carbocycles. The van der Waals surface area contributed by atoms with Gasteiger partial charge in [-0.1, -0.05) is 25.4 Å². The molecule has 1 aliphatic rings. The van der Waals surface area contributed by atoms with Crippen LogP contribution in [0.5, 0.6) is 5.75 Å².